The Morgan fingerprint density at radius 2 is 1.04 bits per heavy atom. The molecule has 0 saturated heterocycles. The number of rotatable bonds is 4. The second-order valence-electron chi connectivity index (χ2n) is 5.88. The first-order chi connectivity index (χ1) is 11.8. The van der Waals surface area contributed by atoms with Crippen molar-refractivity contribution in [2.75, 3.05) is 0 Å². The third-order valence-electron chi connectivity index (χ3n) is 4.27. The SMILES string of the molecule is C=CC[c-]1ccc2ccccc21.C=CC[c-]1ccc2ccccc21.[Zr+2]. The van der Waals surface area contributed by atoms with Gasteiger partial charge in [0, 0.05) is 0 Å². The first-order valence-electron chi connectivity index (χ1n) is 8.32. The molecule has 0 radical (unpaired) electrons. The largest absolute Gasteiger partial charge is 2.00 e. The average Bonchev–Trinajstić information content (AvgIpc) is 3.22. The summed E-state index contributed by atoms with van der Waals surface area (Å²) in [5, 5.41) is 5.37. The zero-order valence-corrected chi connectivity index (χ0v) is 16.9. The van der Waals surface area contributed by atoms with Gasteiger partial charge in [0.25, 0.3) is 0 Å². The molecule has 0 spiro atoms. The van der Waals surface area contributed by atoms with Crippen molar-refractivity contribution in [3.05, 3.63) is 109 Å². The summed E-state index contributed by atoms with van der Waals surface area (Å²) in [4.78, 5) is 0. The predicted molar refractivity (Wildman–Crippen MR) is 107 cm³/mol. The standard InChI is InChI=1S/2C12H11.Zr/c2*1-2-5-10-8-9-11-6-3-4-7-12(10)11;/h2*2-4,6-9H,1,5H2;/q2*-1;+2. The number of benzene rings is 2. The van der Waals surface area contributed by atoms with Crippen LogP contribution in [0.4, 0.5) is 0 Å². The monoisotopic (exact) mass is 400 g/mol. The van der Waals surface area contributed by atoms with Gasteiger partial charge >= 0.3 is 26.2 Å². The maximum Gasteiger partial charge on any atom is 2.00 e. The minimum absolute atomic E-state index is 0. The molecule has 0 bridgehead atoms. The number of allylic oxidation sites excluding steroid dienone is 2. The summed E-state index contributed by atoms with van der Waals surface area (Å²) < 4.78 is 0. The van der Waals surface area contributed by atoms with Gasteiger partial charge in [0.1, 0.15) is 0 Å². The Morgan fingerprint density at radius 1 is 0.640 bits per heavy atom. The molecule has 4 rings (SSSR count). The normalized spacial score (nSPS) is 9.92. The van der Waals surface area contributed by atoms with Gasteiger partial charge in [-0.15, -0.1) is 94.4 Å². The number of fused-ring (bicyclic) bond motifs is 2. The van der Waals surface area contributed by atoms with Gasteiger partial charge in [-0.1, -0.05) is 24.3 Å². The van der Waals surface area contributed by atoms with Crippen LogP contribution in [0.25, 0.3) is 21.5 Å². The van der Waals surface area contributed by atoms with E-state index in [2.05, 4.69) is 86.0 Å². The van der Waals surface area contributed by atoms with Crippen LogP contribution in [0.5, 0.6) is 0 Å². The van der Waals surface area contributed by atoms with Crippen molar-refractivity contribution in [3.8, 4) is 0 Å². The van der Waals surface area contributed by atoms with Crippen molar-refractivity contribution in [1.29, 1.82) is 0 Å². The van der Waals surface area contributed by atoms with E-state index in [1.165, 1.54) is 32.7 Å². The molecule has 0 aliphatic heterocycles. The van der Waals surface area contributed by atoms with Gasteiger partial charge in [0.2, 0.25) is 0 Å². The smallest absolute Gasteiger partial charge is 0.168 e. The van der Waals surface area contributed by atoms with Crippen LogP contribution in [-0.4, -0.2) is 0 Å². The second kappa shape index (κ2) is 9.49. The van der Waals surface area contributed by atoms with E-state index in [4.69, 9.17) is 0 Å². The molecular weight excluding hydrogens is 379 g/mol. The van der Waals surface area contributed by atoms with E-state index in [0.29, 0.717) is 0 Å². The number of hydrogen-bond acceptors (Lipinski definition) is 0. The van der Waals surface area contributed by atoms with Gasteiger partial charge in [-0.2, -0.15) is 12.1 Å². The minimum atomic E-state index is 0. The molecule has 0 fully saturated rings. The quantitative estimate of drug-likeness (QED) is 0.268. The molecule has 0 nitrogen and oxygen atoms in total. The summed E-state index contributed by atoms with van der Waals surface area (Å²) in [6.45, 7) is 7.48. The molecule has 122 valence electrons. The van der Waals surface area contributed by atoms with Crippen molar-refractivity contribution >= 4 is 21.5 Å². The topological polar surface area (TPSA) is 0 Å². The Bertz CT molecular complexity index is 872. The van der Waals surface area contributed by atoms with E-state index in [1.54, 1.807) is 0 Å². The Kier molecular flexibility index (Phi) is 7.35. The zero-order chi connectivity index (χ0) is 16.8. The molecule has 0 saturated carbocycles. The van der Waals surface area contributed by atoms with Gasteiger partial charge in [0.15, 0.2) is 0 Å². The van der Waals surface area contributed by atoms with E-state index >= 15 is 0 Å². The maximum absolute atomic E-state index is 3.74. The summed E-state index contributed by atoms with van der Waals surface area (Å²) in [7, 11) is 0. The minimum Gasteiger partial charge on any atom is -0.168 e. The van der Waals surface area contributed by atoms with Crippen LogP contribution in [0.1, 0.15) is 11.1 Å². The first-order valence-corrected chi connectivity index (χ1v) is 8.32. The van der Waals surface area contributed by atoms with Crippen LogP contribution in [0.3, 0.4) is 0 Å². The molecule has 0 atom stereocenters. The predicted octanol–water partition coefficient (Wildman–Crippen LogP) is 6.57. The fraction of sp³-hybridized carbons (Fsp3) is 0.0833. The third-order valence-corrected chi connectivity index (χ3v) is 4.27. The fourth-order valence-corrected chi connectivity index (χ4v) is 3.10. The van der Waals surface area contributed by atoms with Crippen molar-refractivity contribution in [2.45, 2.75) is 12.8 Å². The molecule has 0 aliphatic carbocycles. The van der Waals surface area contributed by atoms with Gasteiger partial charge in [-0.3, -0.25) is 0 Å². The van der Waals surface area contributed by atoms with Crippen LogP contribution in [0, 0.1) is 0 Å². The fourth-order valence-electron chi connectivity index (χ4n) is 3.10. The molecule has 0 N–H and O–H groups in total. The van der Waals surface area contributed by atoms with Gasteiger partial charge in [-0.25, -0.2) is 0 Å². The van der Waals surface area contributed by atoms with Gasteiger partial charge in [0.05, 0.1) is 0 Å². The second-order valence-corrected chi connectivity index (χ2v) is 5.88. The van der Waals surface area contributed by atoms with Gasteiger partial charge < -0.3 is 0 Å². The van der Waals surface area contributed by atoms with Crippen molar-refractivity contribution in [3.63, 3.8) is 0 Å². The maximum atomic E-state index is 3.74. The molecule has 0 unspecified atom stereocenters. The molecule has 0 aromatic heterocycles. The van der Waals surface area contributed by atoms with Crippen LogP contribution in [0.2, 0.25) is 0 Å². The van der Waals surface area contributed by atoms with Crippen LogP contribution in [-0.2, 0) is 39.0 Å². The Morgan fingerprint density at radius 3 is 1.44 bits per heavy atom. The van der Waals surface area contributed by atoms with Crippen LogP contribution in [0.15, 0.2) is 98.1 Å². The Balaban J connectivity index is 0.000000173. The molecule has 1 heteroatoms. The summed E-state index contributed by atoms with van der Waals surface area (Å²) in [5.41, 5.74) is 2.75. The van der Waals surface area contributed by atoms with E-state index < -0.39 is 0 Å². The molecule has 0 heterocycles. The summed E-state index contributed by atoms with van der Waals surface area (Å²) in [6.07, 6.45) is 5.82. The van der Waals surface area contributed by atoms with E-state index in [0.717, 1.165) is 12.8 Å². The van der Waals surface area contributed by atoms with Gasteiger partial charge in [-0.05, 0) is 12.8 Å². The molecule has 4 aromatic carbocycles. The average molecular weight is 402 g/mol. The van der Waals surface area contributed by atoms with E-state index in [9.17, 15) is 0 Å². The van der Waals surface area contributed by atoms with Crippen molar-refractivity contribution < 1.29 is 26.2 Å². The number of hydrogen-bond donors (Lipinski definition) is 0. The van der Waals surface area contributed by atoms with Crippen molar-refractivity contribution in [1.82, 2.24) is 0 Å². The molecule has 4 aromatic rings. The first kappa shape index (κ1) is 19.3. The summed E-state index contributed by atoms with van der Waals surface area (Å²) >= 11 is 0. The van der Waals surface area contributed by atoms with E-state index in [1.807, 2.05) is 12.2 Å². The van der Waals surface area contributed by atoms with Crippen LogP contribution >= 0.6 is 0 Å². The molecule has 25 heavy (non-hydrogen) atoms. The molecule has 0 amide bonds. The van der Waals surface area contributed by atoms with E-state index in [-0.39, 0.29) is 26.2 Å². The molecular formula is C24H22Zr. The zero-order valence-electron chi connectivity index (χ0n) is 14.4. The molecule has 0 aliphatic rings. The summed E-state index contributed by atoms with van der Waals surface area (Å²) in [5.74, 6) is 0. The Labute approximate surface area is 169 Å². The summed E-state index contributed by atoms with van der Waals surface area (Å²) in [6, 6.07) is 25.6. The van der Waals surface area contributed by atoms with Crippen molar-refractivity contribution in [2.24, 2.45) is 0 Å². The Hall–Kier alpha value is -1.98. The third kappa shape index (κ3) is 4.56. The van der Waals surface area contributed by atoms with Crippen LogP contribution < -0.4 is 0 Å².